The number of sulfone groups is 1. The number of hydrogen-bond acceptors (Lipinski definition) is 6. The smallest absolute Gasteiger partial charge is 0.206 e. The highest BCUT2D eigenvalue weighted by molar-refractivity contribution is 7.91. The Hall–Kier alpha value is -2.74. The van der Waals surface area contributed by atoms with Crippen LogP contribution in [-0.4, -0.2) is 69.0 Å². The highest BCUT2D eigenvalue weighted by Gasteiger charge is 2.51. The Morgan fingerprint density at radius 3 is 2.29 bits per heavy atom. The lowest BCUT2D eigenvalue weighted by molar-refractivity contribution is 0.0359. The third-order valence-electron chi connectivity index (χ3n) is 11.8. The first-order chi connectivity index (χ1) is 21.9. The quantitative estimate of drug-likeness (QED) is 0.267. The van der Waals surface area contributed by atoms with Gasteiger partial charge in [-0.15, -0.1) is 0 Å². The summed E-state index contributed by atoms with van der Waals surface area (Å²) >= 11 is 0. The zero-order valence-electron chi connectivity index (χ0n) is 27.2. The van der Waals surface area contributed by atoms with Crippen molar-refractivity contribution in [3.05, 3.63) is 83.7 Å². The van der Waals surface area contributed by atoms with Gasteiger partial charge in [-0.2, -0.15) is 0 Å². The number of nitrogens with zero attached hydrogens (tertiary/aromatic N) is 4. The van der Waals surface area contributed by atoms with Crippen molar-refractivity contribution >= 4 is 15.5 Å². The molecule has 7 heteroatoms. The van der Waals surface area contributed by atoms with E-state index in [2.05, 4.69) is 50.9 Å². The largest absolute Gasteiger partial charge is 0.371 e. The number of pyridine rings is 1. The van der Waals surface area contributed by atoms with E-state index in [-0.39, 0.29) is 0 Å². The summed E-state index contributed by atoms with van der Waals surface area (Å²) in [6.07, 6.45) is 12.1. The number of likely N-dealkylation sites (tertiary alicyclic amines) is 1. The van der Waals surface area contributed by atoms with Crippen LogP contribution in [-0.2, 0) is 28.2 Å². The van der Waals surface area contributed by atoms with Gasteiger partial charge in [-0.25, -0.2) is 8.42 Å². The number of aryl methyl sites for hydroxylation is 1. The van der Waals surface area contributed by atoms with E-state index >= 15 is 0 Å². The molecule has 2 aromatic carbocycles. The zero-order valence-corrected chi connectivity index (χ0v) is 28.0. The highest BCUT2D eigenvalue weighted by Crippen LogP contribution is 2.53. The predicted octanol–water partition coefficient (Wildman–Crippen LogP) is 6.59. The minimum absolute atomic E-state index is 0.315. The van der Waals surface area contributed by atoms with Crippen molar-refractivity contribution < 1.29 is 8.42 Å². The molecule has 0 bridgehead atoms. The summed E-state index contributed by atoms with van der Waals surface area (Å²) in [7, 11) is -3.55. The SMILES string of the molecule is CCc1cnccc1S(=O)(=O)c1ccc(N2CC(CN3CCC(C4(C5CCCC5)CN(CC)Cc5ccccc54)CC3)C2)cc1. The summed E-state index contributed by atoms with van der Waals surface area (Å²) in [5.74, 6) is 2.26. The highest BCUT2D eigenvalue weighted by atomic mass is 32.2. The second kappa shape index (κ2) is 12.8. The Morgan fingerprint density at radius 2 is 1.58 bits per heavy atom. The standard InChI is InChI=1S/C38H50N4O2S/c1-3-30-23-39-20-17-37(30)45(43,44)35-15-13-34(14-16-35)42-25-29(26-42)24-41-21-18-33(19-22-41)38(32-10-6-7-11-32)28-40(4-2)27-31-9-5-8-12-36(31)38/h5,8-9,12-17,20,23,29,32-33H,3-4,6-7,10-11,18-19,21-22,24-28H2,1-2H3. The Morgan fingerprint density at radius 1 is 0.867 bits per heavy atom. The van der Waals surface area contributed by atoms with Gasteiger partial charge >= 0.3 is 0 Å². The second-order valence-electron chi connectivity index (χ2n) is 14.2. The van der Waals surface area contributed by atoms with Crippen molar-refractivity contribution in [1.82, 2.24) is 14.8 Å². The molecule has 3 aliphatic heterocycles. The number of likely N-dealkylation sites (N-methyl/N-ethyl adjacent to an activating group) is 1. The fourth-order valence-corrected chi connectivity index (χ4v) is 10.9. The van der Waals surface area contributed by atoms with Crippen molar-refractivity contribution in [3.8, 4) is 0 Å². The molecule has 1 aromatic heterocycles. The first-order valence-electron chi connectivity index (χ1n) is 17.5. The van der Waals surface area contributed by atoms with Crippen molar-refractivity contribution in [3.63, 3.8) is 0 Å². The molecule has 3 aromatic rings. The number of hydrogen-bond donors (Lipinski definition) is 0. The maximum atomic E-state index is 13.3. The lowest BCUT2D eigenvalue weighted by Crippen LogP contribution is -2.57. The molecule has 3 fully saturated rings. The third-order valence-corrected chi connectivity index (χ3v) is 13.6. The van der Waals surface area contributed by atoms with E-state index in [1.54, 1.807) is 41.7 Å². The van der Waals surface area contributed by atoms with Crippen LogP contribution in [0.1, 0.15) is 69.1 Å². The van der Waals surface area contributed by atoms with Crippen LogP contribution in [0, 0.1) is 17.8 Å². The third kappa shape index (κ3) is 5.74. The van der Waals surface area contributed by atoms with Gasteiger partial charge < -0.3 is 9.80 Å². The van der Waals surface area contributed by atoms with E-state index in [4.69, 9.17) is 0 Å². The molecule has 0 spiro atoms. The molecule has 6 nitrogen and oxygen atoms in total. The van der Waals surface area contributed by atoms with Crippen molar-refractivity contribution in [2.24, 2.45) is 17.8 Å². The van der Waals surface area contributed by atoms with Crippen LogP contribution >= 0.6 is 0 Å². The number of rotatable bonds is 9. The van der Waals surface area contributed by atoms with Gasteiger partial charge in [0.25, 0.3) is 0 Å². The number of benzene rings is 2. The maximum absolute atomic E-state index is 13.3. The lowest BCUT2D eigenvalue weighted by Gasteiger charge is -2.54. The monoisotopic (exact) mass is 626 g/mol. The van der Waals surface area contributed by atoms with Gasteiger partial charge in [0.05, 0.1) is 9.79 Å². The molecule has 2 saturated heterocycles. The first kappa shape index (κ1) is 30.9. The number of anilines is 1. The molecule has 1 atom stereocenters. The van der Waals surface area contributed by atoms with Crippen molar-refractivity contribution in [2.75, 3.05) is 50.7 Å². The molecule has 4 aliphatic rings. The van der Waals surface area contributed by atoms with Gasteiger partial charge in [-0.05, 0) is 111 Å². The molecule has 0 amide bonds. The Balaban J connectivity index is 0.970. The lowest BCUT2D eigenvalue weighted by atomic mass is 9.57. The molecule has 45 heavy (non-hydrogen) atoms. The summed E-state index contributed by atoms with van der Waals surface area (Å²) in [5, 5.41) is 0. The van der Waals surface area contributed by atoms with Gasteiger partial charge in [0.1, 0.15) is 0 Å². The summed E-state index contributed by atoms with van der Waals surface area (Å²) in [6.45, 7) is 13.5. The molecule has 1 saturated carbocycles. The zero-order chi connectivity index (χ0) is 31.0. The van der Waals surface area contributed by atoms with E-state index in [9.17, 15) is 8.42 Å². The molecule has 0 N–H and O–H groups in total. The van der Waals surface area contributed by atoms with Gasteiger partial charge in [0.15, 0.2) is 0 Å². The van der Waals surface area contributed by atoms with E-state index < -0.39 is 9.84 Å². The molecule has 1 unspecified atom stereocenters. The van der Waals surface area contributed by atoms with E-state index in [0.29, 0.717) is 27.5 Å². The van der Waals surface area contributed by atoms with Gasteiger partial charge in [0, 0.05) is 62.1 Å². The molecular formula is C38H50N4O2S. The second-order valence-corrected chi connectivity index (χ2v) is 16.1. The fraction of sp³-hybridized carbons (Fsp3) is 0.553. The van der Waals surface area contributed by atoms with Gasteiger partial charge in [-0.1, -0.05) is 51.0 Å². The average molecular weight is 627 g/mol. The first-order valence-corrected chi connectivity index (χ1v) is 19.0. The fourth-order valence-electron chi connectivity index (χ4n) is 9.36. The number of piperidine rings is 1. The van der Waals surface area contributed by atoms with Crippen LogP contribution in [0.2, 0.25) is 0 Å². The maximum Gasteiger partial charge on any atom is 0.206 e. The van der Waals surface area contributed by atoms with Crippen molar-refractivity contribution in [2.45, 2.75) is 80.5 Å². The molecule has 7 rings (SSSR count). The molecule has 4 heterocycles. The summed E-state index contributed by atoms with van der Waals surface area (Å²) in [6, 6.07) is 18.6. The Labute approximate surface area is 270 Å². The van der Waals surface area contributed by atoms with Crippen LogP contribution in [0.3, 0.4) is 0 Å². The predicted molar refractivity (Wildman–Crippen MR) is 181 cm³/mol. The molecule has 0 radical (unpaired) electrons. The molecule has 1 aliphatic carbocycles. The van der Waals surface area contributed by atoms with E-state index in [0.717, 1.165) is 49.3 Å². The Kier molecular flexibility index (Phi) is 8.79. The van der Waals surface area contributed by atoms with Crippen LogP contribution in [0.5, 0.6) is 0 Å². The van der Waals surface area contributed by atoms with Gasteiger partial charge in [-0.3, -0.25) is 9.88 Å². The van der Waals surface area contributed by atoms with Crippen molar-refractivity contribution in [1.29, 1.82) is 0 Å². The van der Waals surface area contributed by atoms with Crippen LogP contribution in [0.15, 0.2) is 76.8 Å². The minimum Gasteiger partial charge on any atom is -0.371 e. The summed E-state index contributed by atoms with van der Waals surface area (Å²) in [5.41, 5.74) is 5.47. The number of aromatic nitrogens is 1. The summed E-state index contributed by atoms with van der Waals surface area (Å²) in [4.78, 5) is 12.7. The van der Waals surface area contributed by atoms with E-state index in [1.165, 1.54) is 64.7 Å². The topological polar surface area (TPSA) is 56.8 Å². The summed E-state index contributed by atoms with van der Waals surface area (Å²) < 4.78 is 26.6. The molecule has 240 valence electrons. The van der Waals surface area contributed by atoms with Crippen LogP contribution in [0.4, 0.5) is 5.69 Å². The van der Waals surface area contributed by atoms with E-state index in [1.807, 2.05) is 19.1 Å². The minimum atomic E-state index is -3.55. The van der Waals surface area contributed by atoms with Gasteiger partial charge in [0.2, 0.25) is 9.84 Å². The Bertz CT molecular complexity index is 1570. The normalized spacial score (nSPS) is 24.1. The molecular weight excluding hydrogens is 577 g/mol. The number of fused-ring (bicyclic) bond motifs is 1. The van der Waals surface area contributed by atoms with Crippen LogP contribution < -0.4 is 4.90 Å². The average Bonchev–Trinajstić information content (AvgIpc) is 3.62. The van der Waals surface area contributed by atoms with Crippen LogP contribution in [0.25, 0.3) is 0 Å².